The Hall–Kier alpha value is -1.91. The van der Waals surface area contributed by atoms with Crippen molar-refractivity contribution in [1.82, 2.24) is 5.32 Å². The Morgan fingerprint density at radius 3 is 2.78 bits per heavy atom. The van der Waals surface area contributed by atoms with Crippen molar-refractivity contribution in [2.24, 2.45) is 0 Å². The van der Waals surface area contributed by atoms with E-state index in [1.54, 1.807) is 26.0 Å². The Morgan fingerprint density at radius 2 is 2.11 bits per heavy atom. The first-order valence-corrected chi connectivity index (χ1v) is 5.86. The molecule has 1 aliphatic rings. The molecule has 2 amide bonds. The highest BCUT2D eigenvalue weighted by Crippen LogP contribution is 2.20. The van der Waals surface area contributed by atoms with E-state index in [4.69, 9.17) is 0 Å². The quantitative estimate of drug-likeness (QED) is 0.818. The smallest absolute Gasteiger partial charge is 0.249 e. The van der Waals surface area contributed by atoms with E-state index in [0.29, 0.717) is 17.8 Å². The van der Waals surface area contributed by atoms with Gasteiger partial charge in [-0.05, 0) is 37.6 Å². The normalized spacial score (nSPS) is 20.6. The van der Waals surface area contributed by atoms with Gasteiger partial charge in [0.05, 0.1) is 0 Å². The van der Waals surface area contributed by atoms with Crippen molar-refractivity contribution >= 4 is 17.5 Å². The number of hydrogen-bond acceptors (Lipinski definition) is 2. The second-order valence-corrected chi connectivity index (χ2v) is 4.46. The van der Waals surface area contributed by atoms with E-state index in [1.807, 2.05) is 0 Å². The number of anilines is 1. The molecule has 1 aliphatic heterocycles. The van der Waals surface area contributed by atoms with E-state index in [0.717, 1.165) is 0 Å². The van der Waals surface area contributed by atoms with E-state index in [-0.39, 0.29) is 24.1 Å². The number of aryl methyl sites for hydroxylation is 1. The Labute approximate surface area is 105 Å². The van der Waals surface area contributed by atoms with Gasteiger partial charge in [0.25, 0.3) is 0 Å². The molecule has 0 radical (unpaired) electrons. The van der Waals surface area contributed by atoms with Gasteiger partial charge in [-0.2, -0.15) is 0 Å². The monoisotopic (exact) mass is 250 g/mol. The number of rotatable bonds is 1. The lowest BCUT2D eigenvalue weighted by Crippen LogP contribution is -2.42. The second-order valence-electron chi connectivity index (χ2n) is 4.46. The first-order chi connectivity index (χ1) is 8.49. The molecule has 1 atom stereocenters. The molecule has 96 valence electrons. The predicted molar refractivity (Wildman–Crippen MR) is 65.7 cm³/mol. The third kappa shape index (κ3) is 2.34. The maximum Gasteiger partial charge on any atom is 0.249 e. The number of benzene rings is 1. The molecule has 1 unspecified atom stereocenters. The molecule has 1 heterocycles. The summed E-state index contributed by atoms with van der Waals surface area (Å²) >= 11 is 0. The first kappa shape index (κ1) is 12.5. The molecule has 1 aromatic carbocycles. The van der Waals surface area contributed by atoms with Crippen LogP contribution in [0.25, 0.3) is 0 Å². The molecular weight excluding hydrogens is 235 g/mol. The minimum Gasteiger partial charge on any atom is -0.345 e. The van der Waals surface area contributed by atoms with Gasteiger partial charge in [0, 0.05) is 18.7 Å². The minimum absolute atomic E-state index is 0.141. The summed E-state index contributed by atoms with van der Waals surface area (Å²) in [5.74, 6) is -0.618. The van der Waals surface area contributed by atoms with Crippen LogP contribution in [0.3, 0.4) is 0 Å². The summed E-state index contributed by atoms with van der Waals surface area (Å²) in [6.45, 7) is 3.61. The molecule has 5 heteroatoms. The van der Waals surface area contributed by atoms with Gasteiger partial charge in [-0.1, -0.05) is 0 Å². The van der Waals surface area contributed by atoms with Crippen molar-refractivity contribution in [3.05, 3.63) is 29.6 Å². The SMILES string of the molecule is Cc1cc(N2CCC(=O)NC(C)C2=O)ccc1F. The van der Waals surface area contributed by atoms with E-state index >= 15 is 0 Å². The van der Waals surface area contributed by atoms with Gasteiger partial charge in [0.1, 0.15) is 11.9 Å². The fraction of sp³-hybridized carbons (Fsp3) is 0.385. The third-order valence-electron chi connectivity index (χ3n) is 3.03. The molecule has 0 spiro atoms. The largest absolute Gasteiger partial charge is 0.345 e. The minimum atomic E-state index is -0.551. The number of nitrogens with zero attached hydrogens (tertiary/aromatic N) is 1. The lowest BCUT2D eigenvalue weighted by molar-refractivity contribution is -0.125. The van der Waals surface area contributed by atoms with E-state index < -0.39 is 6.04 Å². The predicted octanol–water partition coefficient (Wildman–Crippen LogP) is 1.38. The third-order valence-corrected chi connectivity index (χ3v) is 3.03. The van der Waals surface area contributed by atoms with Crippen LogP contribution in [0.2, 0.25) is 0 Å². The lowest BCUT2D eigenvalue weighted by atomic mass is 10.1. The van der Waals surface area contributed by atoms with Crippen molar-refractivity contribution < 1.29 is 14.0 Å². The Balaban J connectivity index is 2.33. The first-order valence-electron chi connectivity index (χ1n) is 5.86. The fourth-order valence-electron chi connectivity index (χ4n) is 1.99. The van der Waals surface area contributed by atoms with E-state index in [9.17, 15) is 14.0 Å². The molecule has 0 bridgehead atoms. The van der Waals surface area contributed by atoms with Crippen LogP contribution in [0.1, 0.15) is 18.9 Å². The zero-order valence-electron chi connectivity index (χ0n) is 10.4. The summed E-state index contributed by atoms with van der Waals surface area (Å²) in [6.07, 6.45) is 0.256. The van der Waals surface area contributed by atoms with Crippen LogP contribution < -0.4 is 10.2 Å². The van der Waals surface area contributed by atoms with Gasteiger partial charge in [0.15, 0.2) is 0 Å². The number of carbonyl (C=O) groups excluding carboxylic acids is 2. The van der Waals surface area contributed by atoms with Crippen LogP contribution in [-0.2, 0) is 9.59 Å². The molecule has 0 aliphatic carbocycles. The topological polar surface area (TPSA) is 49.4 Å². The van der Waals surface area contributed by atoms with Gasteiger partial charge in [-0.25, -0.2) is 4.39 Å². The van der Waals surface area contributed by atoms with Gasteiger partial charge in [-0.15, -0.1) is 0 Å². The number of carbonyl (C=O) groups is 2. The summed E-state index contributed by atoms with van der Waals surface area (Å²) in [4.78, 5) is 25.0. The number of amides is 2. The summed E-state index contributed by atoms with van der Waals surface area (Å²) in [5.41, 5.74) is 1.11. The van der Waals surface area contributed by atoms with Crippen molar-refractivity contribution in [1.29, 1.82) is 0 Å². The van der Waals surface area contributed by atoms with E-state index in [2.05, 4.69) is 5.32 Å². The van der Waals surface area contributed by atoms with Crippen molar-refractivity contribution in [2.45, 2.75) is 26.3 Å². The zero-order valence-corrected chi connectivity index (χ0v) is 10.4. The Kier molecular flexibility index (Phi) is 3.32. The van der Waals surface area contributed by atoms with E-state index in [1.165, 1.54) is 11.0 Å². The van der Waals surface area contributed by atoms with Crippen LogP contribution >= 0.6 is 0 Å². The molecule has 1 saturated heterocycles. The summed E-state index contributed by atoms with van der Waals surface area (Å²) in [6, 6.07) is 3.96. The average molecular weight is 250 g/mol. The van der Waals surface area contributed by atoms with Crippen LogP contribution in [0, 0.1) is 12.7 Å². The molecule has 1 N–H and O–H groups in total. The summed E-state index contributed by atoms with van der Waals surface area (Å²) < 4.78 is 13.2. The molecule has 18 heavy (non-hydrogen) atoms. The standard InChI is InChI=1S/C13H15FN2O2/c1-8-7-10(3-4-11(8)14)16-6-5-12(17)15-9(2)13(16)18/h3-4,7,9H,5-6H2,1-2H3,(H,15,17). The van der Waals surface area contributed by atoms with Crippen molar-refractivity contribution in [3.8, 4) is 0 Å². The number of hydrogen-bond donors (Lipinski definition) is 1. The molecule has 1 fully saturated rings. The van der Waals surface area contributed by atoms with Gasteiger partial charge in [0.2, 0.25) is 11.8 Å². The van der Waals surface area contributed by atoms with Crippen LogP contribution in [0.5, 0.6) is 0 Å². The summed E-state index contributed by atoms with van der Waals surface area (Å²) in [5, 5.41) is 2.61. The molecule has 0 saturated carbocycles. The molecule has 2 rings (SSSR count). The van der Waals surface area contributed by atoms with Crippen molar-refractivity contribution in [3.63, 3.8) is 0 Å². The molecular formula is C13H15FN2O2. The second kappa shape index (κ2) is 4.76. The number of halogens is 1. The lowest BCUT2D eigenvalue weighted by Gasteiger charge is -2.22. The van der Waals surface area contributed by atoms with Crippen molar-refractivity contribution in [2.75, 3.05) is 11.4 Å². The maximum atomic E-state index is 13.2. The fourth-order valence-corrected chi connectivity index (χ4v) is 1.99. The van der Waals surface area contributed by atoms with Crippen LogP contribution in [0.4, 0.5) is 10.1 Å². The average Bonchev–Trinajstić information content (AvgIpc) is 2.44. The van der Waals surface area contributed by atoms with Crippen LogP contribution in [-0.4, -0.2) is 24.4 Å². The highest BCUT2D eigenvalue weighted by Gasteiger charge is 2.27. The highest BCUT2D eigenvalue weighted by molar-refractivity contribution is 6.01. The summed E-state index contributed by atoms with van der Waals surface area (Å²) in [7, 11) is 0. The number of nitrogens with one attached hydrogen (secondary N) is 1. The Morgan fingerprint density at radius 1 is 1.39 bits per heavy atom. The maximum absolute atomic E-state index is 13.2. The van der Waals surface area contributed by atoms with Gasteiger partial charge >= 0.3 is 0 Å². The zero-order chi connectivity index (χ0) is 13.3. The Bertz CT molecular complexity index is 502. The molecule has 4 nitrogen and oxygen atoms in total. The molecule has 1 aromatic rings. The van der Waals surface area contributed by atoms with Crippen LogP contribution in [0.15, 0.2) is 18.2 Å². The van der Waals surface area contributed by atoms with Gasteiger partial charge < -0.3 is 10.2 Å². The van der Waals surface area contributed by atoms with Gasteiger partial charge in [-0.3, -0.25) is 9.59 Å². The highest BCUT2D eigenvalue weighted by atomic mass is 19.1. The molecule has 0 aromatic heterocycles.